The van der Waals surface area contributed by atoms with E-state index in [1.54, 1.807) is 19.1 Å². The van der Waals surface area contributed by atoms with E-state index in [0.717, 1.165) is 12.0 Å². The summed E-state index contributed by atoms with van der Waals surface area (Å²) in [7, 11) is 0. The van der Waals surface area contributed by atoms with E-state index in [-0.39, 0.29) is 6.10 Å². The second kappa shape index (κ2) is 6.25. The number of carbonyl (C=O) groups is 1. The highest BCUT2D eigenvalue weighted by atomic mass is 16.5. The van der Waals surface area contributed by atoms with Crippen LogP contribution in [0.15, 0.2) is 24.3 Å². The van der Waals surface area contributed by atoms with Crippen LogP contribution in [0, 0.1) is 0 Å². The molecule has 0 aliphatic heterocycles. The Kier molecular flexibility index (Phi) is 4.97. The average molecular weight is 238 g/mol. The first-order valence-corrected chi connectivity index (χ1v) is 5.65. The van der Waals surface area contributed by atoms with Crippen LogP contribution in [0.25, 0.3) is 0 Å². The number of aliphatic carboxylic acids is 1. The molecule has 1 rings (SSSR count). The normalized spacial score (nSPS) is 14.1. The third-order valence-electron chi connectivity index (χ3n) is 2.43. The van der Waals surface area contributed by atoms with Crippen LogP contribution in [0.4, 0.5) is 0 Å². The highest BCUT2D eigenvalue weighted by Gasteiger charge is 2.11. The summed E-state index contributed by atoms with van der Waals surface area (Å²) in [4.78, 5) is 10.6. The summed E-state index contributed by atoms with van der Waals surface area (Å²) >= 11 is 0. The van der Waals surface area contributed by atoms with Crippen LogP contribution in [-0.2, 0) is 11.2 Å². The highest BCUT2D eigenvalue weighted by Crippen LogP contribution is 2.15. The van der Waals surface area contributed by atoms with E-state index in [4.69, 9.17) is 14.9 Å². The summed E-state index contributed by atoms with van der Waals surface area (Å²) in [5.41, 5.74) is 1.10. The van der Waals surface area contributed by atoms with Gasteiger partial charge in [0.25, 0.3) is 0 Å². The maximum absolute atomic E-state index is 10.6. The molecular formula is C13H18O4. The molecule has 4 nitrogen and oxygen atoms in total. The first-order valence-electron chi connectivity index (χ1n) is 5.65. The van der Waals surface area contributed by atoms with Crippen LogP contribution in [0.3, 0.4) is 0 Å². The number of aliphatic hydroxyl groups excluding tert-OH is 1. The summed E-state index contributed by atoms with van der Waals surface area (Å²) in [6.45, 7) is 3.25. The number of carboxylic acid groups (broad SMARTS) is 1. The van der Waals surface area contributed by atoms with Gasteiger partial charge >= 0.3 is 5.97 Å². The molecule has 0 saturated heterocycles. The number of hydrogen-bond donors (Lipinski definition) is 2. The van der Waals surface area contributed by atoms with Crippen molar-refractivity contribution in [3.63, 3.8) is 0 Å². The Balaban J connectivity index is 2.53. The SMILES string of the molecule is CC(O)CCc1ccc(OC(C)C(=O)O)cc1. The molecule has 1 aromatic carbocycles. The van der Waals surface area contributed by atoms with Crippen molar-refractivity contribution in [3.05, 3.63) is 29.8 Å². The molecule has 0 saturated carbocycles. The minimum atomic E-state index is -0.983. The molecule has 0 bridgehead atoms. The lowest BCUT2D eigenvalue weighted by Crippen LogP contribution is -2.22. The van der Waals surface area contributed by atoms with Gasteiger partial charge in [0, 0.05) is 0 Å². The number of benzene rings is 1. The molecule has 0 spiro atoms. The van der Waals surface area contributed by atoms with Crippen LogP contribution in [0.2, 0.25) is 0 Å². The standard InChI is InChI=1S/C13H18O4/c1-9(14)3-4-11-5-7-12(8-6-11)17-10(2)13(15)16/h5-10,14H,3-4H2,1-2H3,(H,15,16). The summed E-state index contributed by atoms with van der Waals surface area (Å²) in [5.74, 6) is -0.441. The molecule has 0 aliphatic carbocycles. The fourth-order valence-corrected chi connectivity index (χ4v) is 1.36. The van der Waals surface area contributed by atoms with Crippen molar-refractivity contribution in [1.29, 1.82) is 0 Å². The van der Waals surface area contributed by atoms with Gasteiger partial charge in [0.1, 0.15) is 5.75 Å². The topological polar surface area (TPSA) is 66.8 Å². The Morgan fingerprint density at radius 1 is 1.29 bits per heavy atom. The number of carboxylic acids is 1. The zero-order valence-corrected chi connectivity index (χ0v) is 10.1. The summed E-state index contributed by atoms with van der Waals surface area (Å²) in [6, 6.07) is 7.26. The van der Waals surface area contributed by atoms with Crippen molar-refractivity contribution >= 4 is 5.97 Å². The van der Waals surface area contributed by atoms with E-state index in [1.807, 2.05) is 12.1 Å². The molecule has 17 heavy (non-hydrogen) atoms. The van der Waals surface area contributed by atoms with Crippen LogP contribution in [-0.4, -0.2) is 28.4 Å². The first kappa shape index (κ1) is 13.5. The van der Waals surface area contributed by atoms with Gasteiger partial charge < -0.3 is 14.9 Å². The summed E-state index contributed by atoms with van der Waals surface area (Å²) in [5, 5.41) is 17.8. The van der Waals surface area contributed by atoms with Crippen molar-refractivity contribution in [1.82, 2.24) is 0 Å². The fraction of sp³-hybridized carbons (Fsp3) is 0.462. The second-order valence-corrected chi connectivity index (χ2v) is 4.13. The largest absolute Gasteiger partial charge is 0.479 e. The molecule has 0 radical (unpaired) electrons. The molecule has 2 unspecified atom stereocenters. The van der Waals surface area contributed by atoms with Gasteiger partial charge in [-0.3, -0.25) is 0 Å². The number of rotatable bonds is 6. The van der Waals surface area contributed by atoms with E-state index in [0.29, 0.717) is 12.2 Å². The van der Waals surface area contributed by atoms with Crippen molar-refractivity contribution in [2.75, 3.05) is 0 Å². The van der Waals surface area contributed by atoms with Crippen molar-refractivity contribution in [3.8, 4) is 5.75 Å². The van der Waals surface area contributed by atoms with E-state index < -0.39 is 12.1 Å². The van der Waals surface area contributed by atoms with Crippen LogP contribution >= 0.6 is 0 Å². The summed E-state index contributed by atoms with van der Waals surface area (Å²) < 4.78 is 5.21. The molecule has 4 heteroatoms. The quantitative estimate of drug-likeness (QED) is 0.793. The van der Waals surface area contributed by atoms with Crippen LogP contribution in [0.5, 0.6) is 5.75 Å². The molecule has 0 aliphatic rings. The molecule has 0 amide bonds. The molecule has 1 aromatic rings. The average Bonchev–Trinajstić information content (AvgIpc) is 2.28. The Hall–Kier alpha value is -1.55. The van der Waals surface area contributed by atoms with Crippen molar-refractivity contribution in [2.24, 2.45) is 0 Å². The number of aliphatic hydroxyl groups is 1. The minimum Gasteiger partial charge on any atom is -0.479 e. The number of aryl methyl sites for hydroxylation is 1. The second-order valence-electron chi connectivity index (χ2n) is 4.13. The molecule has 2 atom stereocenters. The summed E-state index contributed by atoms with van der Waals surface area (Å²) in [6.07, 6.45) is 0.356. The predicted octanol–water partition coefficient (Wildman–Crippen LogP) is 1.85. The first-order chi connectivity index (χ1) is 7.99. The molecule has 94 valence electrons. The van der Waals surface area contributed by atoms with Gasteiger partial charge in [-0.05, 0) is 44.4 Å². The Morgan fingerprint density at radius 2 is 1.88 bits per heavy atom. The third kappa shape index (κ3) is 4.87. The molecule has 0 heterocycles. The maximum Gasteiger partial charge on any atom is 0.344 e. The zero-order valence-electron chi connectivity index (χ0n) is 10.1. The van der Waals surface area contributed by atoms with E-state index in [9.17, 15) is 4.79 Å². The van der Waals surface area contributed by atoms with E-state index in [2.05, 4.69) is 0 Å². The fourth-order valence-electron chi connectivity index (χ4n) is 1.36. The highest BCUT2D eigenvalue weighted by molar-refractivity contribution is 5.72. The van der Waals surface area contributed by atoms with Crippen LogP contribution in [0.1, 0.15) is 25.8 Å². The molecule has 0 aromatic heterocycles. The Bertz CT molecular complexity index is 356. The van der Waals surface area contributed by atoms with Crippen LogP contribution < -0.4 is 4.74 Å². The van der Waals surface area contributed by atoms with Crippen molar-refractivity contribution < 1.29 is 19.7 Å². The van der Waals surface area contributed by atoms with Crippen molar-refractivity contribution in [2.45, 2.75) is 38.9 Å². The Morgan fingerprint density at radius 3 is 2.35 bits per heavy atom. The van der Waals surface area contributed by atoms with E-state index >= 15 is 0 Å². The maximum atomic E-state index is 10.6. The van der Waals surface area contributed by atoms with Gasteiger partial charge in [-0.25, -0.2) is 4.79 Å². The monoisotopic (exact) mass is 238 g/mol. The van der Waals surface area contributed by atoms with Gasteiger partial charge in [0.2, 0.25) is 0 Å². The lowest BCUT2D eigenvalue weighted by atomic mass is 10.1. The Labute approximate surface area is 101 Å². The minimum absolute atomic E-state index is 0.307. The lowest BCUT2D eigenvalue weighted by Gasteiger charge is -2.11. The van der Waals surface area contributed by atoms with Gasteiger partial charge in [0.15, 0.2) is 6.10 Å². The molecule has 2 N–H and O–H groups in total. The van der Waals surface area contributed by atoms with Gasteiger partial charge in [-0.15, -0.1) is 0 Å². The van der Waals surface area contributed by atoms with Gasteiger partial charge in [-0.1, -0.05) is 12.1 Å². The predicted molar refractivity (Wildman–Crippen MR) is 64.2 cm³/mol. The molecular weight excluding hydrogens is 220 g/mol. The smallest absolute Gasteiger partial charge is 0.344 e. The van der Waals surface area contributed by atoms with Gasteiger partial charge in [-0.2, -0.15) is 0 Å². The molecule has 0 fully saturated rings. The van der Waals surface area contributed by atoms with Gasteiger partial charge in [0.05, 0.1) is 6.10 Å². The number of hydrogen-bond acceptors (Lipinski definition) is 3. The number of ether oxygens (including phenoxy) is 1. The third-order valence-corrected chi connectivity index (χ3v) is 2.43. The van der Waals surface area contributed by atoms with E-state index in [1.165, 1.54) is 6.92 Å². The lowest BCUT2D eigenvalue weighted by molar-refractivity contribution is -0.144. The zero-order chi connectivity index (χ0) is 12.8.